The van der Waals surface area contributed by atoms with Gasteiger partial charge in [0.2, 0.25) is 0 Å². The number of carboxylic acid groups (broad SMARTS) is 1. The first-order chi connectivity index (χ1) is 39.6. The molecular weight excluding hydrogens is 1120 g/mol. The molecule has 9 rings (SSSR count). The predicted octanol–water partition coefficient (Wildman–Crippen LogP) is -2.01. The Balaban J connectivity index is 1.03. The fraction of sp³-hybridized carbons (Fsp3) is 0.898. The van der Waals surface area contributed by atoms with Crippen LogP contribution in [0.15, 0.2) is 23.3 Å². The highest BCUT2D eigenvalue weighted by molar-refractivity contribution is 5.87. The first-order valence-electron chi connectivity index (χ1n) is 30.0. The average molecular weight is 1220 g/mol. The van der Waals surface area contributed by atoms with Gasteiger partial charge in [-0.25, -0.2) is 9.59 Å². The van der Waals surface area contributed by atoms with Gasteiger partial charge in [0.1, 0.15) is 92.1 Å². The summed E-state index contributed by atoms with van der Waals surface area (Å²) in [7, 11) is 0. The van der Waals surface area contributed by atoms with Crippen molar-refractivity contribution in [2.45, 2.75) is 261 Å². The number of aliphatic hydroxyl groups excluding tert-OH is 14. The molecule has 0 spiro atoms. The third-order valence-electron chi connectivity index (χ3n) is 22.7. The van der Waals surface area contributed by atoms with Crippen molar-refractivity contribution in [2.75, 3.05) is 19.8 Å². The summed E-state index contributed by atoms with van der Waals surface area (Å²) in [6.45, 7) is 17.1. The van der Waals surface area contributed by atoms with Crippen LogP contribution in [-0.4, -0.2) is 256 Å². The molecule has 15 N–H and O–H groups in total. The van der Waals surface area contributed by atoms with Crippen molar-refractivity contribution in [1.82, 2.24) is 0 Å². The fourth-order valence-corrected chi connectivity index (χ4v) is 17.2. The number of allylic oxidation sites excluding steroid dienone is 3. The summed E-state index contributed by atoms with van der Waals surface area (Å²) in [5, 5.41) is 168. The molecule has 0 radical (unpaired) electrons. The molecule has 0 amide bonds. The van der Waals surface area contributed by atoms with Crippen LogP contribution in [0.4, 0.5) is 0 Å². The first kappa shape index (κ1) is 66.9. The van der Waals surface area contributed by atoms with Crippen LogP contribution in [0.2, 0.25) is 0 Å². The molecule has 9 aliphatic rings. The highest BCUT2D eigenvalue weighted by Gasteiger charge is 2.73. The number of carbonyl (C=O) groups is 2. The zero-order chi connectivity index (χ0) is 62.7. The highest BCUT2D eigenvalue weighted by Crippen LogP contribution is 2.76. The van der Waals surface area contributed by atoms with Gasteiger partial charge in [-0.05, 0) is 111 Å². The maximum atomic E-state index is 13.2. The van der Waals surface area contributed by atoms with Gasteiger partial charge < -0.3 is 119 Å². The van der Waals surface area contributed by atoms with Gasteiger partial charge in [0.25, 0.3) is 0 Å². The summed E-state index contributed by atoms with van der Waals surface area (Å²) in [5.41, 5.74) is -3.09. The molecule has 8 fully saturated rings. The van der Waals surface area contributed by atoms with Crippen molar-refractivity contribution >= 4 is 11.9 Å². The van der Waals surface area contributed by atoms with Gasteiger partial charge in [0, 0.05) is 5.57 Å². The van der Waals surface area contributed by atoms with Gasteiger partial charge in [0.15, 0.2) is 31.3 Å². The van der Waals surface area contributed by atoms with Crippen LogP contribution in [0.3, 0.4) is 0 Å². The lowest BCUT2D eigenvalue weighted by Crippen LogP contribution is -2.72. The zero-order valence-electron chi connectivity index (χ0n) is 50.0. The molecule has 0 aromatic heterocycles. The Bertz CT molecular complexity index is 2460. The zero-order valence-corrected chi connectivity index (χ0v) is 50.0. The maximum absolute atomic E-state index is 13.2. The molecule has 0 unspecified atom stereocenters. The van der Waals surface area contributed by atoms with Gasteiger partial charge >= 0.3 is 11.9 Å². The van der Waals surface area contributed by atoms with E-state index in [-0.39, 0.29) is 24.9 Å². The number of fused-ring (bicyclic) bond motifs is 7. The number of hydrogen-bond donors (Lipinski definition) is 15. The molecule has 4 saturated carbocycles. The van der Waals surface area contributed by atoms with Crippen LogP contribution in [0.1, 0.15) is 114 Å². The van der Waals surface area contributed by atoms with E-state index >= 15 is 0 Å². The van der Waals surface area contributed by atoms with E-state index < -0.39 is 211 Å². The van der Waals surface area contributed by atoms with Gasteiger partial charge in [-0.15, -0.1) is 0 Å². The van der Waals surface area contributed by atoms with Gasteiger partial charge in [0.05, 0.1) is 49.1 Å². The summed E-state index contributed by atoms with van der Waals surface area (Å²) in [6.07, 6.45) is -35.0. The van der Waals surface area contributed by atoms with Gasteiger partial charge in [-0.2, -0.15) is 0 Å². The molecule has 26 heteroatoms. The minimum atomic E-state index is -2.26. The average Bonchev–Trinajstić information content (AvgIpc) is 0.691. The van der Waals surface area contributed by atoms with E-state index in [2.05, 4.69) is 26.8 Å². The third kappa shape index (κ3) is 10.9. The van der Waals surface area contributed by atoms with E-state index in [1.54, 1.807) is 19.9 Å². The van der Waals surface area contributed by atoms with E-state index in [1.165, 1.54) is 6.92 Å². The quantitative estimate of drug-likeness (QED) is 0.0387. The molecule has 0 aromatic carbocycles. The summed E-state index contributed by atoms with van der Waals surface area (Å²) >= 11 is 0. The fourth-order valence-electron chi connectivity index (χ4n) is 17.2. The number of ether oxygens (including phenoxy) is 9. The molecule has 0 bridgehead atoms. The van der Waals surface area contributed by atoms with E-state index in [4.69, 9.17) is 42.6 Å². The van der Waals surface area contributed by atoms with Crippen LogP contribution in [0.5, 0.6) is 0 Å². The van der Waals surface area contributed by atoms with Crippen LogP contribution in [0.25, 0.3) is 0 Å². The molecule has 31 atom stereocenters. The first-order valence-corrected chi connectivity index (χ1v) is 30.0. The summed E-state index contributed by atoms with van der Waals surface area (Å²) in [5.74, 6) is -2.89. The van der Waals surface area contributed by atoms with Gasteiger partial charge in [-0.3, -0.25) is 0 Å². The Labute approximate surface area is 494 Å². The molecule has 5 aliphatic carbocycles. The number of carbonyl (C=O) groups excluding carboxylic acids is 1. The number of esters is 1. The van der Waals surface area contributed by atoms with Gasteiger partial charge in [-0.1, -0.05) is 66.2 Å². The number of carboxylic acids is 1. The highest BCUT2D eigenvalue weighted by atomic mass is 16.8. The molecule has 4 aliphatic heterocycles. The minimum absolute atomic E-state index is 0.00350. The Morgan fingerprint density at radius 2 is 1.20 bits per heavy atom. The summed E-state index contributed by atoms with van der Waals surface area (Å²) < 4.78 is 54.5. The lowest BCUT2D eigenvalue weighted by atomic mass is 9.33. The van der Waals surface area contributed by atoms with E-state index in [9.17, 15) is 86.2 Å². The lowest BCUT2D eigenvalue weighted by molar-refractivity contribution is -0.402. The molecule has 4 heterocycles. The molecular formula is C59H94O26. The van der Waals surface area contributed by atoms with Crippen molar-refractivity contribution in [2.24, 2.45) is 50.2 Å². The summed E-state index contributed by atoms with van der Waals surface area (Å²) in [6, 6.07) is 0. The second-order valence-corrected chi connectivity index (χ2v) is 27.9. The molecule has 0 aromatic rings. The predicted molar refractivity (Wildman–Crippen MR) is 289 cm³/mol. The Kier molecular flexibility index (Phi) is 19.1. The van der Waals surface area contributed by atoms with Crippen molar-refractivity contribution in [3.63, 3.8) is 0 Å². The second-order valence-electron chi connectivity index (χ2n) is 27.9. The normalized spacial score (nSPS) is 52.4. The van der Waals surface area contributed by atoms with Crippen LogP contribution in [-0.2, 0) is 52.2 Å². The minimum Gasteiger partial charge on any atom is -0.479 e. The Morgan fingerprint density at radius 1 is 0.624 bits per heavy atom. The number of aliphatic hydroxyl groups is 14. The van der Waals surface area contributed by atoms with Crippen LogP contribution in [0, 0.1) is 50.2 Å². The second kappa shape index (κ2) is 24.3. The Hall–Kier alpha value is -2.46. The van der Waals surface area contributed by atoms with Crippen molar-refractivity contribution in [3.8, 4) is 0 Å². The van der Waals surface area contributed by atoms with E-state index in [1.807, 2.05) is 27.7 Å². The largest absolute Gasteiger partial charge is 0.479 e. The topological polar surface area (TPSA) is 421 Å². The smallest absolute Gasteiger partial charge is 0.335 e. The Morgan fingerprint density at radius 3 is 1.81 bits per heavy atom. The molecule has 4 saturated heterocycles. The van der Waals surface area contributed by atoms with Crippen molar-refractivity contribution in [3.05, 3.63) is 23.3 Å². The van der Waals surface area contributed by atoms with Crippen LogP contribution < -0.4 is 0 Å². The van der Waals surface area contributed by atoms with Crippen molar-refractivity contribution < 1.29 is 129 Å². The van der Waals surface area contributed by atoms with Crippen molar-refractivity contribution in [1.29, 1.82) is 0 Å². The monoisotopic (exact) mass is 1220 g/mol. The number of aliphatic carboxylic acids is 1. The van der Waals surface area contributed by atoms with Crippen LogP contribution >= 0.6 is 0 Å². The third-order valence-corrected chi connectivity index (χ3v) is 22.7. The SMILES string of the molecule is C/C=C(\C)C(=O)OC[C@@]12[C@H](O)C[C@]3(C)C(=CC[C@@H]4[C@@]5(C)CC[C@H](O[C@@H]6O[C@H](C(=O)O)[C@@H](O)[C@H](O[C@@H]7O[C@H](CO)[C@H](O)[C@H](O[C@@H]8O[C@@H](C)[C@H](O)[C@@H](O)[C@H]8O)[C@H]7O)[C@H]6O[C@@H]6O[C@H](CO)[C@@H](O)[C@H](O)[C@H]6O)C(C)(C)[C@@H]5CC[C@]43C)[C@@H]1CC(C)(C)[C@@H](O)[C@@H]2O. The number of hydrogen-bond acceptors (Lipinski definition) is 25. The molecule has 486 valence electrons. The van der Waals surface area contributed by atoms with E-state index in [0.717, 1.165) is 5.57 Å². The molecule has 85 heavy (non-hydrogen) atoms. The maximum Gasteiger partial charge on any atom is 0.335 e. The standard InChI is InChI=1S/C59H94O26/c1-11-23(2)49(76)77-22-59-26(18-54(4,5)46(72)47(59)73)25-12-13-30-56(8)16-15-32(55(6,7)29(56)14-17-57(30,9)58(25,10)19-31(59)62)81-53-45(85-51-39(69)37(67)34(64)27(20-60)79-51)43(40(70)44(84-53)48(74)75)83-52-41(71)42(35(65)28(21-61)80-52)82-50-38(68)36(66)33(63)24(3)78-50/h11-12,24,26-47,50-53,60-73H,13-22H2,1-10H3,(H,74,75)/b23-11+/t24-,26-,27+,28+,29-,30+,31+,32-,33-,34+,35-,36+,37-,38+,39+,40-,41+,42-,43-,44-,45+,46-,47-,50-,51-,52-,53+,56-,57+,58+,59-/m0/s1. The van der Waals surface area contributed by atoms with E-state index in [0.29, 0.717) is 44.1 Å². The molecule has 26 nitrogen and oxygen atoms in total. The lowest BCUT2D eigenvalue weighted by Gasteiger charge is -2.72. The number of rotatable bonds is 14. The summed E-state index contributed by atoms with van der Waals surface area (Å²) in [4.78, 5) is 26.4.